The summed E-state index contributed by atoms with van der Waals surface area (Å²) in [6.07, 6.45) is 7.06. The highest BCUT2D eigenvalue weighted by Gasteiger charge is 2.29. The summed E-state index contributed by atoms with van der Waals surface area (Å²) in [5.74, 6) is 1.19. The third kappa shape index (κ3) is 6.44. The van der Waals surface area contributed by atoms with Crippen LogP contribution < -0.4 is 9.47 Å². The molecular formula is C27H32N6O4. The predicted molar refractivity (Wildman–Crippen MR) is 135 cm³/mol. The number of aromatic nitrogens is 4. The third-order valence-corrected chi connectivity index (χ3v) is 6.94. The monoisotopic (exact) mass is 504 g/mol. The number of fused-ring (bicyclic) bond motifs is 3. The molecule has 10 nitrogen and oxygen atoms in total. The summed E-state index contributed by atoms with van der Waals surface area (Å²) in [5, 5.41) is 11.1. The summed E-state index contributed by atoms with van der Waals surface area (Å²) >= 11 is 0. The van der Waals surface area contributed by atoms with Crippen molar-refractivity contribution in [1.82, 2.24) is 30.0 Å². The van der Waals surface area contributed by atoms with Crippen LogP contribution in [0.15, 0.2) is 54.9 Å². The molecule has 2 aliphatic heterocycles. The van der Waals surface area contributed by atoms with Gasteiger partial charge in [-0.2, -0.15) is 0 Å². The average molecular weight is 505 g/mol. The molecule has 1 atom stereocenters. The van der Waals surface area contributed by atoms with Gasteiger partial charge in [0.15, 0.2) is 6.61 Å². The molecule has 1 saturated heterocycles. The smallest absolute Gasteiger partial charge is 0.260 e. The van der Waals surface area contributed by atoms with Gasteiger partial charge in [0.2, 0.25) is 5.91 Å². The zero-order valence-electron chi connectivity index (χ0n) is 20.9. The van der Waals surface area contributed by atoms with Gasteiger partial charge in [0.25, 0.3) is 5.91 Å². The Labute approximate surface area is 216 Å². The van der Waals surface area contributed by atoms with Crippen molar-refractivity contribution >= 4 is 11.8 Å². The number of piperidine rings is 1. The fourth-order valence-electron chi connectivity index (χ4n) is 4.96. The minimum absolute atomic E-state index is 0.00979. The Kier molecular flexibility index (Phi) is 7.93. The molecule has 0 radical (unpaired) electrons. The number of hydrogen-bond donors (Lipinski definition) is 0. The molecule has 2 amide bonds. The van der Waals surface area contributed by atoms with Gasteiger partial charge in [-0.3, -0.25) is 9.59 Å². The maximum atomic E-state index is 13.4. The van der Waals surface area contributed by atoms with Crippen molar-refractivity contribution in [3.05, 3.63) is 60.4 Å². The standard InChI is InChI=1S/C27H32N6O4/c34-26-18-31(27(35)19-37-24-12-10-23(11-13-24)33-20-28-29-30-33)14-4-16-36-25-7-3-5-21(17-25)8-9-22-6-1-2-15-32(22)26/h3,5,7,10-13,17,20,22H,1-2,4,6,8-9,14-16,18-19H2. The van der Waals surface area contributed by atoms with E-state index >= 15 is 0 Å². The number of amides is 2. The van der Waals surface area contributed by atoms with Gasteiger partial charge in [-0.25, -0.2) is 4.68 Å². The van der Waals surface area contributed by atoms with Crippen LogP contribution >= 0.6 is 0 Å². The number of benzene rings is 2. The second kappa shape index (κ2) is 11.9. The lowest BCUT2D eigenvalue weighted by Crippen LogP contribution is -2.50. The van der Waals surface area contributed by atoms with Gasteiger partial charge in [-0.05, 0) is 90.9 Å². The fourth-order valence-corrected chi connectivity index (χ4v) is 4.96. The second-order valence-corrected chi connectivity index (χ2v) is 9.48. The van der Waals surface area contributed by atoms with Gasteiger partial charge in [-0.15, -0.1) is 5.10 Å². The normalized spacial score (nSPS) is 18.9. The summed E-state index contributed by atoms with van der Waals surface area (Å²) in [6, 6.07) is 15.5. The highest BCUT2D eigenvalue weighted by atomic mass is 16.5. The van der Waals surface area contributed by atoms with E-state index in [1.165, 1.54) is 16.6 Å². The molecule has 0 saturated carbocycles. The first-order valence-corrected chi connectivity index (χ1v) is 12.9. The van der Waals surface area contributed by atoms with E-state index in [-0.39, 0.29) is 31.0 Å². The largest absolute Gasteiger partial charge is 0.494 e. The Morgan fingerprint density at radius 1 is 1.05 bits per heavy atom. The zero-order valence-corrected chi connectivity index (χ0v) is 20.9. The Morgan fingerprint density at radius 2 is 1.95 bits per heavy atom. The number of rotatable bonds is 4. The van der Waals surface area contributed by atoms with E-state index in [9.17, 15) is 9.59 Å². The Hall–Kier alpha value is -3.95. The lowest BCUT2D eigenvalue weighted by Gasteiger charge is -2.37. The van der Waals surface area contributed by atoms with E-state index in [1.807, 2.05) is 29.2 Å². The molecule has 3 heterocycles. The molecule has 1 fully saturated rings. The predicted octanol–water partition coefficient (Wildman–Crippen LogP) is 2.67. The number of aryl methyl sites for hydroxylation is 1. The van der Waals surface area contributed by atoms with E-state index in [0.29, 0.717) is 25.3 Å². The van der Waals surface area contributed by atoms with Crippen LogP contribution in [0.25, 0.3) is 5.69 Å². The lowest BCUT2D eigenvalue weighted by molar-refractivity contribution is -0.144. The van der Waals surface area contributed by atoms with Gasteiger partial charge in [0.05, 0.1) is 18.8 Å². The number of hydrogen-bond acceptors (Lipinski definition) is 7. The van der Waals surface area contributed by atoms with Crippen LogP contribution in [0.5, 0.6) is 11.5 Å². The Balaban J connectivity index is 1.25. The topological polar surface area (TPSA) is 103 Å². The summed E-state index contributed by atoms with van der Waals surface area (Å²) in [5.41, 5.74) is 2.01. The molecule has 194 valence electrons. The molecule has 3 aromatic rings. The van der Waals surface area contributed by atoms with Crippen LogP contribution in [-0.4, -0.2) is 80.7 Å². The number of tetrazole rings is 1. The van der Waals surface area contributed by atoms with Crippen LogP contribution in [0.4, 0.5) is 0 Å². The number of carbonyl (C=O) groups excluding carboxylic acids is 2. The number of nitrogens with zero attached hydrogens (tertiary/aromatic N) is 6. The molecule has 1 unspecified atom stereocenters. The molecule has 10 heteroatoms. The van der Waals surface area contributed by atoms with E-state index < -0.39 is 0 Å². The first-order valence-electron chi connectivity index (χ1n) is 12.9. The van der Waals surface area contributed by atoms with Crippen LogP contribution in [0, 0.1) is 0 Å². The van der Waals surface area contributed by atoms with Crippen molar-refractivity contribution in [3.8, 4) is 17.2 Å². The molecule has 1 aromatic heterocycles. The minimum atomic E-state index is -0.222. The maximum Gasteiger partial charge on any atom is 0.260 e. The molecule has 0 N–H and O–H groups in total. The van der Waals surface area contributed by atoms with Crippen molar-refractivity contribution in [2.45, 2.75) is 44.6 Å². The van der Waals surface area contributed by atoms with E-state index in [2.05, 4.69) is 27.7 Å². The number of carbonyl (C=O) groups is 2. The van der Waals surface area contributed by atoms with Gasteiger partial charge in [-0.1, -0.05) is 12.1 Å². The van der Waals surface area contributed by atoms with Crippen molar-refractivity contribution < 1.29 is 19.1 Å². The molecule has 0 spiro atoms. The Morgan fingerprint density at radius 3 is 2.78 bits per heavy atom. The summed E-state index contributed by atoms with van der Waals surface area (Å²) < 4.78 is 13.2. The van der Waals surface area contributed by atoms with Crippen molar-refractivity contribution in [3.63, 3.8) is 0 Å². The van der Waals surface area contributed by atoms with E-state index in [4.69, 9.17) is 9.47 Å². The molecule has 2 aliphatic rings. The lowest BCUT2D eigenvalue weighted by atomic mass is 9.95. The highest BCUT2D eigenvalue weighted by Crippen LogP contribution is 2.24. The zero-order chi connectivity index (χ0) is 25.5. The van der Waals surface area contributed by atoms with Gasteiger partial charge in [0.1, 0.15) is 17.8 Å². The van der Waals surface area contributed by atoms with Crippen LogP contribution in [-0.2, 0) is 16.0 Å². The summed E-state index contributed by atoms with van der Waals surface area (Å²) in [4.78, 5) is 30.1. The SMILES string of the molecule is O=C(COc1ccc(-n2cnnn2)cc1)N1CCCOc2cccc(c2)CCC2CCCCN2C(=O)C1. The van der Waals surface area contributed by atoms with Crippen LogP contribution in [0.1, 0.15) is 37.7 Å². The van der Waals surface area contributed by atoms with Crippen LogP contribution in [0.2, 0.25) is 0 Å². The first-order chi connectivity index (χ1) is 18.2. The molecule has 5 rings (SSSR count). The van der Waals surface area contributed by atoms with Crippen molar-refractivity contribution in [2.75, 3.05) is 32.8 Å². The maximum absolute atomic E-state index is 13.4. The quantitative estimate of drug-likeness (QED) is 0.538. The second-order valence-electron chi connectivity index (χ2n) is 9.48. The summed E-state index contributed by atoms with van der Waals surface area (Å²) in [7, 11) is 0. The van der Waals surface area contributed by atoms with Gasteiger partial charge < -0.3 is 19.3 Å². The highest BCUT2D eigenvalue weighted by molar-refractivity contribution is 5.85. The summed E-state index contributed by atoms with van der Waals surface area (Å²) in [6.45, 7) is 1.54. The first kappa shape index (κ1) is 24.7. The average Bonchev–Trinajstić information content (AvgIpc) is 3.47. The third-order valence-electron chi connectivity index (χ3n) is 6.94. The van der Waals surface area contributed by atoms with Crippen molar-refractivity contribution in [1.29, 1.82) is 0 Å². The fraction of sp³-hybridized carbons (Fsp3) is 0.444. The van der Waals surface area contributed by atoms with E-state index in [0.717, 1.165) is 50.1 Å². The molecule has 37 heavy (non-hydrogen) atoms. The molecule has 2 aromatic carbocycles. The molecular weight excluding hydrogens is 472 g/mol. The molecule has 2 bridgehead atoms. The van der Waals surface area contributed by atoms with Crippen LogP contribution in [0.3, 0.4) is 0 Å². The van der Waals surface area contributed by atoms with Crippen molar-refractivity contribution in [2.24, 2.45) is 0 Å². The number of ether oxygens (including phenoxy) is 2. The van der Waals surface area contributed by atoms with Gasteiger partial charge >= 0.3 is 0 Å². The minimum Gasteiger partial charge on any atom is -0.494 e. The Bertz CT molecular complexity index is 1180. The molecule has 0 aliphatic carbocycles. The van der Waals surface area contributed by atoms with Gasteiger partial charge in [0, 0.05) is 19.1 Å². The van der Waals surface area contributed by atoms with E-state index in [1.54, 1.807) is 17.0 Å².